The van der Waals surface area contributed by atoms with Gasteiger partial charge in [-0.3, -0.25) is 9.35 Å². The standard InChI is InChI=1S/C26H21Cl2N3O6S.Na/c1-3-37-16-8-10-21(20(28)13-16)29-26(33)18-12-15-6-4-5-7-17(15)24(25(18)32)31-30-23-14(2)22(38(34,35)36)11-9-19(23)27;/h4-13,32H,3H2,1-2H3,(H,29,33)(H,34,35,36);/q;+1/p-1. The maximum atomic E-state index is 13.4. The minimum Gasteiger partial charge on any atom is -0.870 e. The zero-order valence-corrected chi connectivity index (χ0v) is 25.4. The number of halogens is 2. The predicted octanol–water partition coefficient (Wildman–Crippen LogP) is 3.85. The largest absolute Gasteiger partial charge is 1.00 e. The van der Waals surface area contributed by atoms with Gasteiger partial charge in [0.25, 0.3) is 16.0 Å². The van der Waals surface area contributed by atoms with E-state index in [-0.39, 0.29) is 67.8 Å². The Balaban J connectivity index is 0.00000420. The van der Waals surface area contributed by atoms with Crippen molar-refractivity contribution in [2.45, 2.75) is 18.7 Å². The zero-order chi connectivity index (χ0) is 27.6. The molecule has 0 unspecified atom stereocenters. The Kier molecular flexibility index (Phi) is 10.0. The van der Waals surface area contributed by atoms with Gasteiger partial charge in [-0.05, 0) is 55.1 Å². The van der Waals surface area contributed by atoms with E-state index in [1.54, 1.807) is 42.5 Å². The fraction of sp³-hybridized carbons (Fsp3) is 0.115. The van der Waals surface area contributed by atoms with Gasteiger partial charge in [0.2, 0.25) is 0 Å². The first-order chi connectivity index (χ1) is 18.0. The average molecular weight is 596 g/mol. The fourth-order valence-electron chi connectivity index (χ4n) is 3.77. The smallest absolute Gasteiger partial charge is 0.870 e. The van der Waals surface area contributed by atoms with Crippen LogP contribution >= 0.6 is 23.2 Å². The molecule has 196 valence electrons. The summed E-state index contributed by atoms with van der Waals surface area (Å²) >= 11 is 12.5. The van der Waals surface area contributed by atoms with E-state index >= 15 is 0 Å². The molecule has 0 radical (unpaired) electrons. The van der Waals surface area contributed by atoms with E-state index < -0.39 is 26.7 Å². The molecule has 0 saturated carbocycles. The van der Waals surface area contributed by atoms with E-state index in [1.165, 1.54) is 19.1 Å². The second-order valence-electron chi connectivity index (χ2n) is 8.05. The Morgan fingerprint density at radius 1 is 1.03 bits per heavy atom. The van der Waals surface area contributed by atoms with Crippen LogP contribution in [0.15, 0.2) is 75.8 Å². The summed E-state index contributed by atoms with van der Waals surface area (Å²) < 4.78 is 38.3. The Morgan fingerprint density at radius 3 is 2.38 bits per heavy atom. The van der Waals surface area contributed by atoms with E-state index in [1.807, 2.05) is 6.92 Å². The van der Waals surface area contributed by atoms with Crippen molar-refractivity contribution in [1.82, 2.24) is 0 Å². The Hall–Kier alpha value is -2.70. The van der Waals surface area contributed by atoms with Gasteiger partial charge in [-0.25, -0.2) is 0 Å². The quantitative estimate of drug-likeness (QED) is 0.189. The summed E-state index contributed by atoms with van der Waals surface area (Å²) in [4.78, 5) is 12.7. The third-order valence-electron chi connectivity index (χ3n) is 5.58. The summed E-state index contributed by atoms with van der Waals surface area (Å²) in [7, 11) is -4.55. The van der Waals surface area contributed by atoms with Crippen molar-refractivity contribution in [3.8, 4) is 11.5 Å². The molecular weight excluding hydrogens is 576 g/mol. The van der Waals surface area contributed by atoms with Crippen LogP contribution < -0.4 is 44.7 Å². The van der Waals surface area contributed by atoms with Gasteiger partial charge in [0.15, 0.2) is 0 Å². The Bertz CT molecular complexity index is 1710. The normalized spacial score (nSPS) is 11.4. The van der Waals surface area contributed by atoms with Gasteiger partial charge in [-0.15, -0.1) is 5.11 Å². The molecule has 0 aliphatic heterocycles. The summed E-state index contributed by atoms with van der Waals surface area (Å²) in [6.45, 7) is 3.67. The van der Waals surface area contributed by atoms with Crippen LogP contribution in [0.1, 0.15) is 22.8 Å². The van der Waals surface area contributed by atoms with Crippen molar-refractivity contribution >= 4 is 67.1 Å². The van der Waals surface area contributed by atoms with Crippen molar-refractivity contribution in [3.63, 3.8) is 0 Å². The number of fused-ring (bicyclic) bond motifs is 1. The molecule has 0 aromatic heterocycles. The van der Waals surface area contributed by atoms with E-state index in [4.69, 9.17) is 27.9 Å². The van der Waals surface area contributed by atoms with Gasteiger partial charge in [0.1, 0.15) is 11.4 Å². The molecule has 0 saturated heterocycles. The molecule has 0 bridgehead atoms. The molecule has 4 aromatic carbocycles. The third-order valence-corrected chi connectivity index (χ3v) is 7.20. The number of hydrogen-bond acceptors (Lipinski definition) is 7. The molecule has 39 heavy (non-hydrogen) atoms. The minimum absolute atomic E-state index is 0. The minimum atomic E-state index is -4.55. The SMILES string of the molecule is CCOc1ccc(NC(=O)c2cc3ccccc3c(N=Nc3c(Cl)ccc(S(=O)(=O)O)c3C)c2[O-])c(Cl)c1.[Na+]. The summed E-state index contributed by atoms with van der Waals surface area (Å²) in [6, 6.07) is 15.3. The van der Waals surface area contributed by atoms with Crippen molar-refractivity contribution < 1.29 is 57.2 Å². The number of anilines is 1. The molecule has 0 heterocycles. The van der Waals surface area contributed by atoms with Crippen LogP contribution in [0.25, 0.3) is 10.8 Å². The number of carbonyl (C=O) groups excluding carboxylic acids is 1. The molecule has 4 rings (SSSR count). The molecule has 1 amide bonds. The topological polar surface area (TPSA) is 140 Å². The van der Waals surface area contributed by atoms with Gasteiger partial charge >= 0.3 is 29.6 Å². The zero-order valence-electron chi connectivity index (χ0n) is 21.0. The summed E-state index contributed by atoms with van der Waals surface area (Å²) in [5.74, 6) is -0.905. The molecule has 2 N–H and O–H groups in total. The first-order valence-electron chi connectivity index (χ1n) is 11.2. The van der Waals surface area contributed by atoms with E-state index in [2.05, 4.69) is 15.5 Å². The van der Waals surface area contributed by atoms with Gasteiger partial charge in [0, 0.05) is 17.0 Å². The Labute approximate surface area is 256 Å². The average Bonchev–Trinajstić information content (AvgIpc) is 2.85. The molecule has 13 heteroatoms. The van der Waals surface area contributed by atoms with Gasteiger partial charge in [0.05, 0.1) is 32.9 Å². The number of hydrogen-bond donors (Lipinski definition) is 2. The van der Waals surface area contributed by atoms with Crippen LogP contribution in [-0.2, 0) is 10.1 Å². The van der Waals surface area contributed by atoms with E-state index in [0.717, 1.165) is 6.07 Å². The number of rotatable bonds is 7. The Morgan fingerprint density at radius 2 is 1.72 bits per heavy atom. The monoisotopic (exact) mass is 595 g/mol. The van der Waals surface area contributed by atoms with Crippen molar-refractivity contribution in [2.24, 2.45) is 10.2 Å². The van der Waals surface area contributed by atoms with E-state index in [0.29, 0.717) is 23.1 Å². The van der Waals surface area contributed by atoms with Gasteiger partial charge in [-0.1, -0.05) is 53.2 Å². The van der Waals surface area contributed by atoms with Crippen LogP contribution in [-0.4, -0.2) is 25.5 Å². The first kappa shape index (κ1) is 30.8. The summed E-state index contributed by atoms with van der Waals surface area (Å²) in [5.41, 5.74) is -0.1000. The molecule has 0 aliphatic rings. The second-order valence-corrected chi connectivity index (χ2v) is 10.3. The number of ether oxygens (including phenoxy) is 1. The molecular formula is C26H20Cl2N3NaO6S. The molecule has 0 spiro atoms. The predicted molar refractivity (Wildman–Crippen MR) is 144 cm³/mol. The molecule has 0 fully saturated rings. The first-order valence-corrected chi connectivity index (χ1v) is 13.4. The number of benzene rings is 4. The molecule has 0 atom stereocenters. The fourth-order valence-corrected chi connectivity index (χ4v) is 4.96. The number of nitrogens with zero attached hydrogens (tertiary/aromatic N) is 2. The van der Waals surface area contributed by atoms with Crippen molar-refractivity contribution in [3.05, 3.63) is 81.8 Å². The second kappa shape index (κ2) is 12.6. The number of carbonyl (C=O) groups is 1. The maximum absolute atomic E-state index is 13.4. The van der Waals surface area contributed by atoms with Gasteiger partial charge in [-0.2, -0.15) is 13.5 Å². The number of nitrogens with one attached hydrogen (secondary N) is 1. The van der Waals surface area contributed by atoms with E-state index in [9.17, 15) is 22.9 Å². The van der Waals surface area contributed by atoms with Crippen LogP contribution in [0.3, 0.4) is 0 Å². The van der Waals surface area contributed by atoms with Crippen molar-refractivity contribution in [1.29, 1.82) is 0 Å². The summed E-state index contributed by atoms with van der Waals surface area (Å²) in [5, 5.41) is 25.4. The third kappa shape index (κ3) is 6.72. The molecule has 9 nitrogen and oxygen atoms in total. The van der Waals surface area contributed by atoms with Crippen LogP contribution in [0.4, 0.5) is 17.1 Å². The van der Waals surface area contributed by atoms with Crippen LogP contribution in [0.5, 0.6) is 11.5 Å². The number of amides is 1. The van der Waals surface area contributed by atoms with Crippen LogP contribution in [0.2, 0.25) is 10.0 Å². The van der Waals surface area contributed by atoms with Crippen molar-refractivity contribution in [2.75, 3.05) is 11.9 Å². The molecule has 0 aliphatic carbocycles. The summed E-state index contributed by atoms with van der Waals surface area (Å²) in [6.07, 6.45) is 0. The van der Waals surface area contributed by atoms with Gasteiger partial charge < -0.3 is 15.2 Å². The van der Waals surface area contributed by atoms with Crippen LogP contribution in [0, 0.1) is 6.92 Å². The number of azo groups is 1. The molecule has 4 aromatic rings. The maximum Gasteiger partial charge on any atom is 1.00 e.